The van der Waals surface area contributed by atoms with Crippen molar-refractivity contribution in [2.24, 2.45) is 0 Å². The van der Waals surface area contributed by atoms with Gasteiger partial charge in [0.05, 0.1) is 12.7 Å². The molecule has 0 spiro atoms. The molecule has 0 aliphatic rings. The highest BCUT2D eigenvalue weighted by molar-refractivity contribution is 5.44. The summed E-state index contributed by atoms with van der Waals surface area (Å²) in [6.45, 7) is 1.55. The molecule has 0 amide bonds. The monoisotopic (exact) mass is 254 g/mol. The minimum Gasteiger partial charge on any atom is -0.394 e. The van der Waals surface area contributed by atoms with Crippen molar-refractivity contribution in [3.63, 3.8) is 0 Å². The molecular formula is C12H18N2O4. The lowest BCUT2D eigenvalue weighted by Crippen LogP contribution is -2.22. The van der Waals surface area contributed by atoms with Crippen LogP contribution in [0, 0.1) is 10.1 Å². The summed E-state index contributed by atoms with van der Waals surface area (Å²) in [6, 6.07) is 6.62. The van der Waals surface area contributed by atoms with Crippen LogP contribution >= 0.6 is 0 Å². The minimum absolute atomic E-state index is 0.265. The summed E-state index contributed by atoms with van der Waals surface area (Å²) in [7, 11) is 0. The zero-order valence-electron chi connectivity index (χ0n) is 10.2. The number of aliphatic hydroxyl groups excluding tert-OH is 2. The van der Waals surface area contributed by atoms with E-state index >= 15 is 0 Å². The average Bonchev–Trinajstić information content (AvgIpc) is 2.37. The van der Waals surface area contributed by atoms with Gasteiger partial charge in [-0.3, -0.25) is 10.1 Å². The van der Waals surface area contributed by atoms with Gasteiger partial charge in [0.1, 0.15) is 0 Å². The minimum atomic E-state index is -0.792. The Kier molecular flexibility index (Phi) is 5.54. The Balaban J connectivity index is 2.49. The van der Waals surface area contributed by atoms with E-state index in [1.54, 1.807) is 19.1 Å². The summed E-state index contributed by atoms with van der Waals surface area (Å²) in [5, 5.41) is 31.3. The summed E-state index contributed by atoms with van der Waals surface area (Å²) < 4.78 is 0. The second-order valence-electron chi connectivity index (χ2n) is 4.25. The molecule has 3 N–H and O–H groups in total. The second kappa shape index (κ2) is 6.93. The van der Waals surface area contributed by atoms with Crippen molar-refractivity contribution in [2.45, 2.75) is 25.5 Å². The van der Waals surface area contributed by atoms with Crippen LogP contribution in [-0.4, -0.2) is 40.4 Å². The first-order valence-corrected chi connectivity index (χ1v) is 5.78. The fraction of sp³-hybridized carbons (Fsp3) is 0.500. The van der Waals surface area contributed by atoms with Gasteiger partial charge in [-0.2, -0.15) is 0 Å². The SMILES string of the molecule is CC(Cc1ccc(NCC(O)CO)cc1)[N+](=O)[O-]. The zero-order chi connectivity index (χ0) is 13.5. The van der Waals surface area contributed by atoms with Crippen LogP contribution in [0.4, 0.5) is 5.69 Å². The van der Waals surface area contributed by atoms with Crippen molar-refractivity contribution in [2.75, 3.05) is 18.5 Å². The predicted molar refractivity (Wildman–Crippen MR) is 68.2 cm³/mol. The average molecular weight is 254 g/mol. The summed E-state index contributed by atoms with van der Waals surface area (Å²) in [5.74, 6) is 0. The van der Waals surface area contributed by atoms with Gasteiger partial charge in [-0.1, -0.05) is 12.1 Å². The number of benzene rings is 1. The quantitative estimate of drug-likeness (QED) is 0.490. The molecule has 0 radical (unpaired) electrons. The highest BCUT2D eigenvalue weighted by Gasteiger charge is 2.13. The molecule has 6 nitrogen and oxygen atoms in total. The molecular weight excluding hydrogens is 236 g/mol. The highest BCUT2D eigenvalue weighted by atomic mass is 16.6. The Morgan fingerprint density at radius 2 is 2.00 bits per heavy atom. The van der Waals surface area contributed by atoms with Crippen LogP contribution in [0.1, 0.15) is 12.5 Å². The van der Waals surface area contributed by atoms with Gasteiger partial charge in [-0.15, -0.1) is 0 Å². The number of rotatable bonds is 7. The summed E-state index contributed by atoms with van der Waals surface area (Å²) in [4.78, 5) is 10.2. The van der Waals surface area contributed by atoms with E-state index in [2.05, 4.69) is 5.32 Å². The third-order valence-corrected chi connectivity index (χ3v) is 2.60. The fourth-order valence-electron chi connectivity index (χ4n) is 1.47. The Bertz CT molecular complexity index is 380. The molecule has 100 valence electrons. The first kappa shape index (κ1) is 14.4. The molecule has 0 fully saturated rings. The van der Waals surface area contributed by atoms with Crippen molar-refractivity contribution >= 4 is 5.69 Å². The van der Waals surface area contributed by atoms with E-state index in [9.17, 15) is 10.1 Å². The first-order valence-electron chi connectivity index (χ1n) is 5.78. The number of hydrogen-bond acceptors (Lipinski definition) is 5. The number of hydrogen-bond donors (Lipinski definition) is 3. The van der Waals surface area contributed by atoms with Crippen molar-refractivity contribution in [1.29, 1.82) is 0 Å². The predicted octanol–water partition coefficient (Wildman–Crippen LogP) is 0.659. The first-order chi connectivity index (χ1) is 8.52. The normalized spacial score (nSPS) is 13.9. The number of anilines is 1. The molecule has 0 saturated carbocycles. The van der Waals surface area contributed by atoms with E-state index in [1.165, 1.54) is 0 Å². The maximum absolute atomic E-state index is 10.5. The lowest BCUT2D eigenvalue weighted by Gasteiger charge is -2.11. The van der Waals surface area contributed by atoms with Crippen LogP contribution in [0.2, 0.25) is 0 Å². The molecule has 0 aliphatic heterocycles. The van der Waals surface area contributed by atoms with E-state index in [4.69, 9.17) is 10.2 Å². The molecule has 1 aromatic carbocycles. The molecule has 1 aromatic rings. The molecule has 1 rings (SSSR count). The second-order valence-corrected chi connectivity index (χ2v) is 4.25. The third-order valence-electron chi connectivity index (χ3n) is 2.60. The smallest absolute Gasteiger partial charge is 0.214 e. The van der Waals surface area contributed by atoms with Crippen molar-refractivity contribution in [1.82, 2.24) is 0 Å². The van der Waals surface area contributed by atoms with E-state index in [0.717, 1.165) is 11.3 Å². The van der Waals surface area contributed by atoms with Gasteiger partial charge < -0.3 is 15.5 Å². The van der Waals surface area contributed by atoms with E-state index in [1.807, 2.05) is 12.1 Å². The number of aliphatic hydroxyl groups is 2. The Morgan fingerprint density at radius 3 is 2.50 bits per heavy atom. The number of nitro groups is 1. The fourth-order valence-corrected chi connectivity index (χ4v) is 1.47. The van der Waals surface area contributed by atoms with Crippen LogP contribution < -0.4 is 5.32 Å². The third kappa shape index (κ3) is 4.68. The summed E-state index contributed by atoms with van der Waals surface area (Å²) >= 11 is 0. The van der Waals surface area contributed by atoms with Crippen molar-refractivity contribution in [3.05, 3.63) is 39.9 Å². The molecule has 0 aromatic heterocycles. The van der Waals surface area contributed by atoms with Crippen LogP contribution in [-0.2, 0) is 6.42 Å². The van der Waals surface area contributed by atoms with Gasteiger partial charge >= 0.3 is 0 Å². The Hall–Kier alpha value is -1.66. The van der Waals surface area contributed by atoms with Gasteiger partial charge in [0.25, 0.3) is 0 Å². The standard InChI is InChI=1S/C12H18N2O4/c1-9(14(17)18)6-10-2-4-11(5-3-10)13-7-12(16)8-15/h2-5,9,12-13,15-16H,6-8H2,1H3. The van der Waals surface area contributed by atoms with Gasteiger partial charge in [-0.25, -0.2) is 0 Å². The molecule has 0 aliphatic carbocycles. The van der Waals surface area contributed by atoms with E-state index < -0.39 is 12.1 Å². The summed E-state index contributed by atoms with van der Waals surface area (Å²) in [6.07, 6.45) is -0.397. The Labute approximate surface area is 105 Å². The van der Waals surface area contributed by atoms with Crippen molar-refractivity contribution in [3.8, 4) is 0 Å². The van der Waals surface area contributed by atoms with Gasteiger partial charge in [0, 0.05) is 30.5 Å². The molecule has 2 unspecified atom stereocenters. The summed E-state index contributed by atoms with van der Waals surface area (Å²) in [5.41, 5.74) is 1.70. The lowest BCUT2D eigenvalue weighted by atomic mass is 10.1. The van der Waals surface area contributed by atoms with Crippen LogP contribution in [0.25, 0.3) is 0 Å². The maximum atomic E-state index is 10.5. The molecule has 6 heteroatoms. The highest BCUT2D eigenvalue weighted by Crippen LogP contribution is 2.12. The lowest BCUT2D eigenvalue weighted by molar-refractivity contribution is -0.517. The Morgan fingerprint density at radius 1 is 1.39 bits per heavy atom. The van der Waals surface area contributed by atoms with Gasteiger partial charge in [-0.05, 0) is 17.7 Å². The maximum Gasteiger partial charge on any atom is 0.214 e. The molecule has 2 atom stereocenters. The molecule has 0 saturated heterocycles. The molecule has 0 bridgehead atoms. The number of nitrogens with zero attached hydrogens (tertiary/aromatic N) is 1. The largest absolute Gasteiger partial charge is 0.394 e. The van der Waals surface area contributed by atoms with Crippen molar-refractivity contribution < 1.29 is 15.1 Å². The van der Waals surface area contributed by atoms with Gasteiger partial charge in [0.2, 0.25) is 6.04 Å². The molecule has 18 heavy (non-hydrogen) atoms. The van der Waals surface area contributed by atoms with E-state index in [-0.39, 0.29) is 18.1 Å². The molecule has 0 heterocycles. The van der Waals surface area contributed by atoms with Crippen LogP contribution in [0.5, 0.6) is 0 Å². The number of nitrogens with one attached hydrogen (secondary N) is 1. The van der Waals surface area contributed by atoms with Crippen LogP contribution in [0.3, 0.4) is 0 Å². The van der Waals surface area contributed by atoms with Gasteiger partial charge in [0.15, 0.2) is 0 Å². The topological polar surface area (TPSA) is 95.6 Å². The van der Waals surface area contributed by atoms with E-state index in [0.29, 0.717) is 6.42 Å². The zero-order valence-corrected chi connectivity index (χ0v) is 10.2. The van der Waals surface area contributed by atoms with Crippen LogP contribution in [0.15, 0.2) is 24.3 Å².